The second-order valence-corrected chi connectivity index (χ2v) is 14.2. The minimum Gasteiger partial charge on any atom is -0.455 e. The zero-order chi connectivity index (χ0) is 35.4. The molecule has 3 saturated heterocycles. The molecule has 50 heavy (non-hydrogen) atoms. The monoisotopic (exact) mass is 743 g/mol. The van der Waals surface area contributed by atoms with Crippen LogP contribution < -0.4 is 10.2 Å². The van der Waals surface area contributed by atoms with E-state index in [0.29, 0.717) is 24.1 Å². The van der Waals surface area contributed by atoms with Crippen LogP contribution in [0.25, 0.3) is 10.8 Å². The molecule has 1 spiro atoms. The van der Waals surface area contributed by atoms with Crippen molar-refractivity contribution < 1.29 is 33.8 Å². The van der Waals surface area contributed by atoms with E-state index in [1.165, 1.54) is 4.90 Å². The molecule has 0 aliphatic carbocycles. The number of halogens is 1. The van der Waals surface area contributed by atoms with Crippen molar-refractivity contribution in [1.29, 1.82) is 0 Å². The zero-order valence-corrected chi connectivity index (χ0v) is 29.4. The van der Waals surface area contributed by atoms with E-state index >= 15 is 0 Å². The maximum atomic E-state index is 14.9. The van der Waals surface area contributed by atoms with Crippen LogP contribution in [-0.4, -0.2) is 82.5 Å². The van der Waals surface area contributed by atoms with E-state index in [2.05, 4.69) is 34.4 Å². The highest BCUT2D eigenvalue weighted by atomic mass is 79.9. The minimum atomic E-state index is -1.32. The van der Waals surface area contributed by atoms with Gasteiger partial charge in [-0.3, -0.25) is 19.2 Å². The molecule has 10 nitrogen and oxygen atoms in total. The molecule has 0 aromatic heterocycles. The van der Waals surface area contributed by atoms with Gasteiger partial charge in [-0.15, -0.1) is 13.2 Å². The van der Waals surface area contributed by atoms with Crippen LogP contribution in [0.1, 0.15) is 37.4 Å². The predicted molar refractivity (Wildman–Crippen MR) is 193 cm³/mol. The van der Waals surface area contributed by atoms with E-state index in [1.54, 1.807) is 17.1 Å². The third-order valence-electron chi connectivity index (χ3n) is 9.96. The average Bonchev–Trinajstić information content (AvgIpc) is 3.73. The number of amides is 3. The molecule has 3 aliphatic heterocycles. The van der Waals surface area contributed by atoms with Gasteiger partial charge in [-0.1, -0.05) is 88.7 Å². The first-order valence-corrected chi connectivity index (χ1v) is 17.9. The molecule has 3 aromatic carbocycles. The van der Waals surface area contributed by atoms with Crippen LogP contribution >= 0.6 is 15.9 Å². The molecule has 1 unspecified atom stereocenters. The highest BCUT2D eigenvalue weighted by Gasteiger charge is 2.77. The lowest BCUT2D eigenvalue weighted by Gasteiger charge is -2.37. The summed E-state index contributed by atoms with van der Waals surface area (Å²) in [6.07, 6.45) is 3.09. The van der Waals surface area contributed by atoms with Crippen LogP contribution in [0.2, 0.25) is 0 Å². The van der Waals surface area contributed by atoms with Gasteiger partial charge in [-0.05, 0) is 47.7 Å². The Morgan fingerprint density at radius 2 is 1.82 bits per heavy atom. The number of fused-ring (bicyclic) bond motifs is 2. The Hall–Kier alpha value is -4.32. The number of likely N-dealkylation sites (tertiary alicyclic amines) is 1. The molecule has 3 heterocycles. The van der Waals surface area contributed by atoms with Crippen molar-refractivity contribution in [3.8, 4) is 0 Å². The molecule has 7 atom stereocenters. The number of carbonyl (C=O) groups excluding carboxylic acids is 4. The van der Waals surface area contributed by atoms with Gasteiger partial charge in [0.1, 0.15) is 17.7 Å². The van der Waals surface area contributed by atoms with Crippen molar-refractivity contribution in [3.63, 3.8) is 0 Å². The van der Waals surface area contributed by atoms with E-state index in [0.717, 1.165) is 10.8 Å². The van der Waals surface area contributed by atoms with Gasteiger partial charge in [-0.2, -0.15) is 0 Å². The van der Waals surface area contributed by atoms with E-state index in [4.69, 9.17) is 9.47 Å². The standard InChI is InChI=1S/C39H42BrN3O7/c1-3-5-16-31(45)41-24-30(26-13-7-6-8-14-26)49-38(48)32-33-36(46)43(20-11-21-44)35(39(33)23-29(40)34(32)50-39)37(47)42(19-4-2)28-18-17-25-12-9-10-15-27(25)22-28/h3-4,6-10,12-15,17-18,22,29-30,32-35,44H,1-2,5,11,16,19-21,23-24H2,(H,41,45)/t29?,30-,32-,33+,34-,35-,39+/m0/s1. The topological polar surface area (TPSA) is 125 Å². The SMILES string of the molecule is C=CCCC(=O)NC[C@H](OC(=O)[C@@H]1[C@H]2O[C@@]3(CC2Br)[C@H](C(=O)N(CC=C)c2ccc4ccccc4c2)N(CCCO)C(=O)[C@@H]13)c1ccccc1. The number of alkyl halides is 1. The Morgan fingerprint density at radius 1 is 1.08 bits per heavy atom. The number of nitrogens with one attached hydrogen (secondary N) is 1. The van der Waals surface area contributed by atoms with E-state index in [1.807, 2.05) is 72.8 Å². The van der Waals surface area contributed by atoms with Gasteiger partial charge >= 0.3 is 5.97 Å². The summed E-state index contributed by atoms with van der Waals surface area (Å²) in [7, 11) is 0. The number of rotatable bonds is 15. The molecule has 3 aromatic rings. The largest absolute Gasteiger partial charge is 0.455 e. The van der Waals surface area contributed by atoms with E-state index in [-0.39, 0.29) is 61.6 Å². The van der Waals surface area contributed by atoms with Gasteiger partial charge in [0.25, 0.3) is 5.91 Å². The molecule has 3 fully saturated rings. The maximum absolute atomic E-state index is 14.9. The molecular weight excluding hydrogens is 702 g/mol. The van der Waals surface area contributed by atoms with Crippen molar-refractivity contribution in [1.82, 2.24) is 10.2 Å². The summed E-state index contributed by atoms with van der Waals surface area (Å²) in [5.41, 5.74) is 0.0106. The summed E-state index contributed by atoms with van der Waals surface area (Å²) in [5, 5.41) is 14.6. The lowest BCUT2D eigenvalue weighted by molar-refractivity contribution is -0.160. The first-order valence-electron chi connectivity index (χ1n) is 17.0. The van der Waals surface area contributed by atoms with Gasteiger partial charge in [0.15, 0.2) is 0 Å². The van der Waals surface area contributed by atoms with Crippen LogP contribution in [0.5, 0.6) is 0 Å². The van der Waals surface area contributed by atoms with Crippen molar-refractivity contribution >= 4 is 56.1 Å². The van der Waals surface area contributed by atoms with Crippen LogP contribution in [0.3, 0.4) is 0 Å². The van der Waals surface area contributed by atoms with E-state index in [9.17, 15) is 24.3 Å². The molecule has 11 heteroatoms. The number of ether oxygens (including phenoxy) is 2. The number of anilines is 1. The molecule has 2 bridgehead atoms. The molecule has 3 amide bonds. The van der Waals surface area contributed by atoms with Gasteiger partial charge in [0.2, 0.25) is 11.8 Å². The highest BCUT2D eigenvalue weighted by Crippen LogP contribution is 2.60. The first-order chi connectivity index (χ1) is 24.2. The second kappa shape index (κ2) is 15.3. The average molecular weight is 745 g/mol. The Kier molecular flexibility index (Phi) is 10.9. The van der Waals surface area contributed by atoms with E-state index < -0.39 is 41.7 Å². The molecule has 2 N–H and O–H groups in total. The normalized spacial score (nSPS) is 25.6. The Balaban J connectivity index is 1.33. The first kappa shape index (κ1) is 35.5. The van der Waals surface area contributed by atoms with Crippen LogP contribution in [-0.2, 0) is 28.7 Å². The fourth-order valence-corrected chi connectivity index (χ4v) is 8.69. The molecule has 6 rings (SSSR count). The third kappa shape index (κ3) is 6.61. The number of esters is 1. The lowest BCUT2D eigenvalue weighted by atomic mass is 9.70. The number of hydrogen-bond donors (Lipinski definition) is 2. The zero-order valence-electron chi connectivity index (χ0n) is 27.8. The molecular formula is C39H42BrN3O7. The van der Waals surface area contributed by atoms with Crippen LogP contribution in [0, 0.1) is 11.8 Å². The summed E-state index contributed by atoms with van der Waals surface area (Å²) >= 11 is 3.72. The highest BCUT2D eigenvalue weighted by molar-refractivity contribution is 9.09. The number of benzene rings is 3. The Bertz CT molecular complexity index is 1770. The predicted octanol–water partition coefficient (Wildman–Crippen LogP) is 4.86. The fraction of sp³-hybridized carbons (Fsp3) is 0.385. The quantitative estimate of drug-likeness (QED) is 0.130. The van der Waals surface area contributed by atoms with Gasteiger partial charge in [-0.25, -0.2) is 0 Å². The van der Waals surface area contributed by atoms with Crippen molar-refractivity contribution in [3.05, 3.63) is 104 Å². The number of hydrogen-bond acceptors (Lipinski definition) is 7. The lowest BCUT2D eigenvalue weighted by Crippen LogP contribution is -2.57. The van der Waals surface area contributed by atoms with Crippen molar-refractivity contribution in [2.24, 2.45) is 11.8 Å². The van der Waals surface area contributed by atoms with Crippen molar-refractivity contribution in [2.45, 2.75) is 54.4 Å². The minimum absolute atomic E-state index is 0.0392. The summed E-state index contributed by atoms with van der Waals surface area (Å²) in [5.74, 6) is -3.57. The van der Waals surface area contributed by atoms with Gasteiger partial charge in [0, 0.05) is 36.6 Å². The summed E-state index contributed by atoms with van der Waals surface area (Å²) in [4.78, 5) is 58.8. The van der Waals surface area contributed by atoms with Crippen LogP contribution in [0.15, 0.2) is 98.1 Å². The Labute approximate surface area is 300 Å². The number of aliphatic hydroxyl groups excluding tert-OH is 1. The number of nitrogens with zero attached hydrogens (tertiary/aromatic N) is 2. The smallest absolute Gasteiger partial charge is 0.313 e. The second-order valence-electron chi connectivity index (χ2n) is 13.0. The van der Waals surface area contributed by atoms with Crippen LogP contribution in [0.4, 0.5) is 5.69 Å². The number of allylic oxidation sites excluding steroid dienone is 1. The van der Waals surface area contributed by atoms with Gasteiger partial charge in [0.05, 0.1) is 24.5 Å². The summed E-state index contributed by atoms with van der Waals surface area (Å²) < 4.78 is 12.8. The fourth-order valence-electron chi connectivity index (χ4n) is 7.75. The summed E-state index contributed by atoms with van der Waals surface area (Å²) in [6.45, 7) is 7.70. The number of carbonyl (C=O) groups is 4. The third-order valence-corrected chi connectivity index (χ3v) is 10.8. The molecule has 0 saturated carbocycles. The van der Waals surface area contributed by atoms with Crippen molar-refractivity contribution in [2.75, 3.05) is 31.1 Å². The number of aliphatic hydroxyl groups is 1. The molecule has 262 valence electrons. The maximum Gasteiger partial charge on any atom is 0.313 e. The molecule has 3 aliphatic rings. The molecule has 0 radical (unpaired) electrons. The van der Waals surface area contributed by atoms with Gasteiger partial charge < -0.3 is 29.7 Å². The Morgan fingerprint density at radius 3 is 2.54 bits per heavy atom. The summed E-state index contributed by atoms with van der Waals surface area (Å²) in [6, 6.07) is 21.6.